The van der Waals surface area contributed by atoms with Crippen molar-refractivity contribution in [2.45, 2.75) is 18.6 Å². The van der Waals surface area contributed by atoms with E-state index in [-0.39, 0.29) is 11.8 Å². The van der Waals surface area contributed by atoms with Gasteiger partial charge in [-0.1, -0.05) is 18.2 Å². The van der Waals surface area contributed by atoms with Crippen molar-refractivity contribution in [2.75, 3.05) is 26.2 Å². The van der Waals surface area contributed by atoms with Crippen LogP contribution in [0, 0.1) is 0 Å². The summed E-state index contributed by atoms with van der Waals surface area (Å²) in [5.41, 5.74) is 1.39. The van der Waals surface area contributed by atoms with E-state index in [0.717, 1.165) is 31.7 Å². The van der Waals surface area contributed by atoms with Crippen LogP contribution in [0.2, 0.25) is 0 Å². The predicted octanol–water partition coefficient (Wildman–Crippen LogP) is 3.98. The molecule has 1 aromatic carbocycles. The summed E-state index contributed by atoms with van der Waals surface area (Å²) in [6.45, 7) is 2.99. The van der Waals surface area contributed by atoms with Gasteiger partial charge < -0.3 is 10.1 Å². The topological polar surface area (TPSA) is 24.5 Å². The van der Waals surface area contributed by atoms with Gasteiger partial charge >= 0.3 is 12.5 Å². The molecule has 25 heavy (non-hydrogen) atoms. The second-order valence-electron chi connectivity index (χ2n) is 5.75. The van der Waals surface area contributed by atoms with Crippen LogP contribution in [-0.4, -0.2) is 43.6 Å². The zero-order valence-electron chi connectivity index (χ0n) is 13.3. The molecule has 0 amide bonds. The van der Waals surface area contributed by atoms with Crippen LogP contribution in [0.5, 0.6) is 5.75 Å². The van der Waals surface area contributed by atoms with E-state index in [4.69, 9.17) is 0 Å². The number of ether oxygens (including phenoxy) is 1. The van der Waals surface area contributed by atoms with Crippen LogP contribution in [0.15, 0.2) is 41.1 Å². The fraction of sp³-hybridized carbons (Fsp3) is 0.412. The Morgan fingerprint density at radius 2 is 1.84 bits per heavy atom. The third kappa shape index (κ3) is 4.13. The van der Waals surface area contributed by atoms with Crippen LogP contribution in [0.25, 0.3) is 0 Å². The van der Waals surface area contributed by atoms with Gasteiger partial charge in [-0.05, 0) is 28.5 Å². The molecule has 136 valence electrons. The lowest BCUT2D eigenvalue weighted by Gasteiger charge is -2.36. The van der Waals surface area contributed by atoms with Crippen molar-refractivity contribution >= 4 is 11.3 Å². The fourth-order valence-electron chi connectivity index (χ4n) is 2.95. The van der Waals surface area contributed by atoms with Gasteiger partial charge in [-0.15, -0.1) is 0 Å². The number of nitrogens with one attached hydrogen (secondary N) is 1. The van der Waals surface area contributed by atoms with Gasteiger partial charge in [0.05, 0.1) is 6.04 Å². The summed E-state index contributed by atoms with van der Waals surface area (Å²) < 4.78 is 56.5. The van der Waals surface area contributed by atoms with E-state index in [1.807, 2.05) is 16.8 Å². The van der Waals surface area contributed by atoms with Crippen LogP contribution in [-0.2, 0) is 0 Å². The molecule has 1 aliphatic rings. The van der Waals surface area contributed by atoms with Gasteiger partial charge in [0.15, 0.2) is 0 Å². The molecule has 8 heteroatoms. The molecule has 0 aliphatic carbocycles. The number of rotatable bonds is 6. The number of para-hydroxylation sites is 1. The first-order valence-electron chi connectivity index (χ1n) is 7.90. The van der Waals surface area contributed by atoms with Crippen molar-refractivity contribution in [2.24, 2.45) is 0 Å². The SMILES string of the molecule is FC(F)C(F)(F)Oc1ccccc1[C@H](c1ccsc1)N1CCNCC1. The van der Waals surface area contributed by atoms with Crippen molar-refractivity contribution < 1.29 is 22.3 Å². The standard InChI is InChI=1S/C17H18F4N2OS/c18-16(19)17(20,21)24-14-4-2-1-3-13(14)15(12-5-10-25-11-12)23-8-6-22-7-9-23/h1-5,10-11,15-16,22H,6-9H2/t15-/m0/s1. The van der Waals surface area contributed by atoms with Crippen LogP contribution < -0.4 is 10.1 Å². The van der Waals surface area contributed by atoms with E-state index in [2.05, 4.69) is 15.0 Å². The average molecular weight is 374 g/mol. The summed E-state index contributed by atoms with van der Waals surface area (Å²) in [6.07, 6.45) is -8.42. The summed E-state index contributed by atoms with van der Waals surface area (Å²) in [5, 5.41) is 7.09. The van der Waals surface area contributed by atoms with Gasteiger partial charge in [0.2, 0.25) is 0 Å². The molecule has 2 aromatic rings. The van der Waals surface area contributed by atoms with Gasteiger partial charge in [0.25, 0.3) is 0 Å². The number of hydrogen-bond acceptors (Lipinski definition) is 4. The van der Waals surface area contributed by atoms with Gasteiger partial charge in [0.1, 0.15) is 5.75 Å². The van der Waals surface area contributed by atoms with Crippen LogP contribution >= 0.6 is 11.3 Å². The lowest BCUT2D eigenvalue weighted by Crippen LogP contribution is -2.45. The van der Waals surface area contributed by atoms with Crippen molar-refractivity contribution in [3.05, 3.63) is 52.2 Å². The predicted molar refractivity (Wildman–Crippen MR) is 88.6 cm³/mol. The van der Waals surface area contributed by atoms with Gasteiger partial charge in [0, 0.05) is 31.7 Å². The highest BCUT2D eigenvalue weighted by molar-refractivity contribution is 7.08. The maximum absolute atomic E-state index is 13.5. The van der Waals surface area contributed by atoms with Crippen molar-refractivity contribution in [1.29, 1.82) is 0 Å². The van der Waals surface area contributed by atoms with E-state index in [1.165, 1.54) is 23.5 Å². The van der Waals surface area contributed by atoms with Gasteiger partial charge in [-0.2, -0.15) is 28.9 Å². The van der Waals surface area contributed by atoms with Crippen molar-refractivity contribution in [3.63, 3.8) is 0 Å². The summed E-state index contributed by atoms with van der Waals surface area (Å²) in [6, 6.07) is 7.76. The first-order valence-corrected chi connectivity index (χ1v) is 8.84. The summed E-state index contributed by atoms with van der Waals surface area (Å²) in [5.74, 6) is -0.220. The van der Waals surface area contributed by atoms with E-state index < -0.39 is 12.5 Å². The minimum Gasteiger partial charge on any atom is -0.428 e. The first kappa shape index (κ1) is 18.2. The molecule has 1 aromatic heterocycles. The Bertz CT molecular complexity index is 675. The zero-order valence-corrected chi connectivity index (χ0v) is 14.1. The Morgan fingerprint density at radius 3 is 2.48 bits per heavy atom. The zero-order chi connectivity index (χ0) is 17.9. The number of hydrogen-bond donors (Lipinski definition) is 1. The minimum atomic E-state index is -4.53. The second-order valence-corrected chi connectivity index (χ2v) is 6.53. The fourth-order valence-corrected chi connectivity index (χ4v) is 3.63. The number of nitrogens with zero attached hydrogens (tertiary/aromatic N) is 1. The molecule has 0 unspecified atom stereocenters. The third-order valence-corrected chi connectivity index (χ3v) is 4.79. The number of halogens is 4. The lowest BCUT2D eigenvalue weighted by atomic mass is 9.98. The van der Waals surface area contributed by atoms with E-state index >= 15 is 0 Å². The van der Waals surface area contributed by atoms with Crippen LogP contribution in [0.4, 0.5) is 17.6 Å². The molecule has 0 saturated carbocycles. The minimum absolute atomic E-state index is 0.220. The van der Waals surface area contributed by atoms with Gasteiger partial charge in [-0.3, -0.25) is 4.90 Å². The molecule has 0 radical (unpaired) electrons. The maximum Gasteiger partial charge on any atom is 0.461 e. The quantitative estimate of drug-likeness (QED) is 0.774. The Hall–Kier alpha value is -1.64. The normalized spacial score (nSPS) is 17.6. The molecule has 3 rings (SSSR count). The first-order chi connectivity index (χ1) is 12.0. The number of benzene rings is 1. The smallest absolute Gasteiger partial charge is 0.428 e. The maximum atomic E-state index is 13.5. The molecule has 1 N–H and O–H groups in total. The number of alkyl halides is 4. The lowest BCUT2D eigenvalue weighted by molar-refractivity contribution is -0.253. The molecule has 1 atom stereocenters. The van der Waals surface area contributed by atoms with Crippen molar-refractivity contribution in [1.82, 2.24) is 10.2 Å². The summed E-state index contributed by atoms with van der Waals surface area (Å²) in [4.78, 5) is 2.14. The number of piperazine rings is 1. The Morgan fingerprint density at radius 1 is 1.12 bits per heavy atom. The van der Waals surface area contributed by atoms with E-state index in [0.29, 0.717) is 5.56 Å². The molecular weight excluding hydrogens is 356 g/mol. The third-order valence-electron chi connectivity index (χ3n) is 4.09. The second kappa shape index (κ2) is 7.72. The summed E-state index contributed by atoms with van der Waals surface area (Å²) >= 11 is 1.50. The highest BCUT2D eigenvalue weighted by atomic mass is 32.1. The Balaban J connectivity index is 1.99. The van der Waals surface area contributed by atoms with E-state index in [9.17, 15) is 17.6 Å². The molecule has 1 fully saturated rings. The highest BCUT2D eigenvalue weighted by Gasteiger charge is 2.44. The largest absolute Gasteiger partial charge is 0.461 e. The Labute approximate surface area is 147 Å². The Kier molecular flexibility index (Phi) is 5.61. The molecule has 1 aliphatic heterocycles. The van der Waals surface area contributed by atoms with E-state index in [1.54, 1.807) is 12.1 Å². The van der Waals surface area contributed by atoms with Gasteiger partial charge in [-0.25, -0.2) is 0 Å². The molecule has 0 bridgehead atoms. The molecule has 0 spiro atoms. The average Bonchev–Trinajstić information content (AvgIpc) is 3.11. The summed E-state index contributed by atoms with van der Waals surface area (Å²) in [7, 11) is 0. The molecular formula is C17H18F4N2OS. The number of thiophene rings is 1. The highest BCUT2D eigenvalue weighted by Crippen LogP contribution is 2.38. The molecule has 1 saturated heterocycles. The molecule has 3 nitrogen and oxygen atoms in total. The van der Waals surface area contributed by atoms with Crippen LogP contribution in [0.1, 0.15) is 17.2 Å². The van der Waals surface area contributed by atoms with Crippen molar-refractivity contribution in [3.8, 4) is 5.75 Å². The monoisotopic (exact) mass is 374 g/mol. The van der Waals surface area contributed by atoms with Crippen LogP contribution in [0.3, 0.4) is 0 Å². The molecule has 2 heterocycles.